The van der Waals surface area contributed by atoms with Crippen LogP contribution in [0.5, 0.6) is 11.5 Å². The molecule has 8 nitrogen and oxygen atoms in total. The van der Waals surface area contributed by atoms with E-state index in [1.807, 2.05) is 6.07 Å². The van der Waals surface area contributed by atoms with Gasteiger partial charge >= 0.3 is 6.03 Å². The third-order valence-corrected chi connectivity index (χ3v) is 4.97. The van der Waals surface area contributed by atoms with E-state index < -0.39 is 17.8 Å². The van der Waals surface area contributed by atoms with E-state index in [0.717, 1.165) is 10.5 Å². The number of hydrogen-bond donors (Lipinski definition) is 1. The third kappa shape index (κ3) is 3.43. The highest BCUT2D eigenvalue weighted by molar-refractivity contribution is 6.39. The van der Waals surface area contributed by atoms with Crippen LogP contribution >= 0.6 is 11.6 Å². The van der Waals surface area contributed by atoms with Crippen LogP contribution in [0.3, 0.4) is 0 Å². The van der Waals surface area contributed by atoms with Crippen molar-refractivity contribution >= 4 is 41.2 Å². The predicted octanol–water partition coefficient (Wildman–Crippen LogP) is 4.00. The van der Waals surface area contributed by atoms with Crippen LogP contribution in [0.4, 0.5) is 10.5 Å². The lowest BCUT2D eigenvalue weighted by atomic mass is 10.1. The van der Waals surface area contributed by atoms with Gasteiger partial charge in [0.25, 0.3) is 11.8 Å². The van der Waals surface area contributed by atoms with Gasteiger partial charge in [0.15, 0.2) is 11.5 Å². The quantitative estimate of drug-likeness (QED) is 0.492. The summed E-state index contributed by atoms with van der Waals surface area (Å²) in [7, 11) is 0. The zero-order valence-electron chi connectivity index (χ0n) is 15.8. The van der Waals surface area contributed by atoms with E-state index >= 15 is 0 Å². The summed E-state index contributed by atoms with van der Waals surface area (Å²) in [6.45, 7) is 0.0516. The number of barbiturate groups is 1. The van der Waals surface area contributed by atoms with Crippen molar-refractivity contribution in [2.45, 2.75) is 0 Å². The van der Waals surface area contributed by atoms with Gasteiger partial charge in [-0.15, -0.1) is 0 Å². The number of amides is 4. The lowest BCUT2D eigenvalue weighted by Crippen LogP contribution is -2.54. The van der Waals surface area contributed by atoms with Gasteiger partial charge in [-0.05, 0) is 42.5 Å². The minimum absolute atomic E-state index is 0.0516. The second-order valence-corrected chi connectivity index (χ2v) is 7.14. The Morgan fingerprint density at radius 3 is 2.65 bits per heavy atom. The van der Waals surface area contributed by atoms with Gasteiger partial charge in [-0.2, -0.15) is 0 Å². The smallest absolute Gasteiger partial charge is 0.335 e. The van der Waals surface area contributed by atoms with Crippen molar-refractivity contribution in [2.24, 2.45) is 0 Å². The van der Waals surface area contributed by atoms with Crippen LogP contribution in [0, 0.1) is 0 Å². The monoisotopic (exact) mass is 436 g/mol. The van der Waals surface area contributed by atoms with Gasteiger partial charge in [-0.1, -0.05) is 23.7 Å². The Bertz CT molecular complexity index is 1280. The van der Waals surface area contributed by atoms with Gasteiger partial charge < -0.3 is 13.9 Å². The maximum Gasteiger partial charge on any atom is 0.335 e. The molecular formula is C22H13ClN2O6. The molecule has 1 N–H and O–H groups in total. The average Bonchev–Trinajstić information content (AvgIpc) is 3.40. The molecule has 3 heterocycles. The number of rotatable bonds is 3. The Kier molecular flexibility index (Phi) is 4.48. The van der Waals surface area contributed by atoms with Crippen LogP contribution in [-0.4, -0.2) is 24.6 Å². The summed E-state index contributed by atoms with van der Waals surface area (Å²) in [5, 5.41) is 2.72. The fraction of sp³-hybridized carbons (Fsp3) is 0.0455. The molecule has 0 atom stereocenters. The van der Waals surface area contributed by atoms with Crippen molar-refractivity contribution in [1.82, 2.24) is 5.32 Å². The summed E-state index contributed by atoms with van der Waals surface area (Å²) in [5.41, 5.74) is 0.738. The van der Waals surface area contributed by atoms with E-state index in [1.54, 1.807) is 36.4 Å². The van der Waals surface area contributed by atoms with Crippen LogP contribution in [0.25, 0.3) is 17.4 Å². The van der Waals surface area contributed by atoms with Gasteiger partial charge in [0.1, 0.15) is 17.1 Å². The number of hydrogen-bond acceptors (Lipinski definition) is 6. The number of carbonyl (C=O) groups is 3. The summed E-state index contributed by atoms with van der Waals surface area (Å²) in [6.07, 6.45) is 1.29. The molecule has 0 bridgehead atoms. The molecule has 3 aromatic rings. The maximum atomic E-state index is 13.0. The molecule has 31 heavy (non-hydrogen) atoms. The van der Waals surface area contributed by atoms with Crippen molar-refractivity contribution in [3.63, 3.8) is 0 Å². The molecule has 1 saturated heterocycles. The lowest BCUT2D eigenvalue weighted by molar-refractivity contribution is -0.122. The molecule has 154 valence electrons. The number of anilines is 1. The van der Waals surface area contributed by atoms with Crippen LogP contribution in [-0.2, 0) is 9.59 Å². The number of ether oxygens (including phenoxy) is 2. The van der Waals surface area contributed by atoms with Gasteiger partial charge in [0, 0.05) is 16.7 Å². The van der Waals surface area contributed by atoms with Crippen molar-refractivity contribution in [2.75, 3.05) is 11.7 Å². The highest BCUT2D eigenvalue weighted by Crippen LogP contribution is 2.36. The molecule has 0 saturated carbocycles. The number of halogens is 1. The van der Waals surface area contributed by atoms with E-state index in [-0.39, 0.29) is 23.8 Å². The summed E-state index contributed by atoms with van der Waals surface area (Å²) < 4.78 is 16.3. The second kappa shape index (κ2) is 7.33. The summed E-state index contributed by atoms with van der Waals surface area (Å²) in [6, 6.07) is 14.1. The summed E-state index contributed by atoms with van der Waals surface area (Å²) in [5.74, 6) is 0.0958. The van der Waals surface area contributed by atoms with Crippen LogP contribution in [0.2, 0.25) is 5.02 Å². The molecular weight excluding hydrogens is 424 g/mol. The van der Waals surface area contributed by atoms with E-state index in [4.69, 9.17) is 25.5 Å². The van der Waals surface area contributed by atoms with E-state index in [2.05, 4.69) is 5.32 Å². The van der Waals surface area contributed by atoms with Crippen LogP contribution in [0.15, 0.2) is 64.6 Å². The molecule has 0 unspecified atom stereocenters. The Morgan fingerprint density at radius 1 is 0.968 bits per heavy atom. The molecule has 0 spiro atoms. The maximum absolute atomic E-state index is 13.0. The number of fused-ring (bicyclic) bond motifs is 1. The standard InChI is InChI=1S/C22H13ClN2O6/c23-13-3-1-2-12(8-13)17-7-5-15(31-17)10-16-20(26)24-22(28)25(21(16)27)14-4-6-18-19(9-14)30-11-29-18/h1-10H,11H2,(H,24,26,28)/b16-10+. The molecule has 0 aliphatic carbocycles. The molecule has 5 rings (SSSR count). The number of nitrogens with zero attached hydrogens (tertiary/aromatic N) is 1. The zero-order valence-corrected chi connectivity index (χ0v) is 16.5. The van der Waals surface area contributed by atoms with E-state index in [9.17, 15) is 14.4 Å². The Balaban J connectivity index is 1.47. The number of benzene rings is 2. The highest BCUT2D eigenvalue weighted by atomic mass is 35.5. The first-order valence-electron chi connectivity index (χ1n) is 9.16. The highest BCUT2D eigenvalue weighted by Gasteiger charge is 2.37. The second-order valence-electron chi connectivity index (χ2n) is 6.71. The molecule has 4 amide bonds. The fourth-order valence-corrected chi connectivity index (χ4v) is 3.48. The van der Waals surface area contributed by atoms with Crippen molar-refractivity contribution < 1.29 is 28.3 Å². The molecule has 2 aromatic carbocycles. The number of imide groups is 2. The number of nitrogens with one attached hydrogen (secondary N) is 1. The normalized spacial score (nSPS) is 16.7. The third-order valence-electron chi connectivity index (χ3n) is 4.74. The largest absolute Gasteiger partial charge is 0.457 e. The number of carbonyl (C=O) groups excluding carboxylic acids is 3. The molecule has 1 aromatic heterocycles. The minimum Gasteiger partial charge on any atom is -0.457 e. The number of urea groups is 1. The topological polar surface area (TPSA) is 98.1 Å². The first-order valence-corrected chi connectivity index (χ1v) is 9.54. The van der Waals surface area contributed by atoms with Crippen molar-refractivity contribution in [1.29, 1.82) is 0 Å². The molecule has 9 heteroatoms. The van der Waals surface area contributed by atoms with Gasteiger partial charge in [-0.3, -0.25) is 14.9 Å². The Labute approximate surface area is 180 Å². The SMILES string of the molecule is O=C1NC(=O)N(c2ccc3c(c2)OCO3)C(=O)/C1=C/c1ccc(-c2cccc(Cl)c2)o1. The predicted molar refractivity (Wildman–Crippen MR) is 111 cm³/mol. The summed E-state index contributed by atoms with van der Waals surface area (Å²) >= 11 is 6.01. The molecule has 2 aliphatic rings. The minimum atomic E-state index is -0.856. The van der Waals surface area contributed by atoms with E-state index in [0.29, 0.717) is 22.3 Å². The lowest BCUT2D eigenvalue weighted by Gasteiger charge is -2.26. The Morgan fingerprint density at radius 2 is 1.81 bits per heavy atom. The summed E-state index contributed by atoms with van der Waals surface area (Å²) in [4.78, 5) is 38.6. The molecule has 0 radical (unpaired) electrons. The van der Waals surface area contributed by atoms with Crippen LogP contribution < -0.4 is 19.7 Å². The Hall–Kier alpha value is -4.04. The van der Waals surface area contributed by atoms with Crippen LogP contribution in [0.1, 0.15) is 5.76 Å². The zero-order chi connectivity index (χ0) is 21.5. The molecule has 1 fully saturated rings. The fourth-order valence-electron chi connectivity index (χ4n) is 3.29. The van der Waals surface area contributed by atoms with E-state index in [1.165, 1.54) is 18.2 Å². The van der Waals surface area contributed by atoms with Crippen molar-refractivity contribution in [3.05, 3.63) is 71.0 Å². The van der Waals surface area contributed by atoms with Gasteiger partial charge in [-0.25, -0.2) is 9.69 Å². The number of furan rings is 1. The van der Waals surface area contributed by atoms with Crippen molar-refractivity contribution in [3.8, 4) is 22.8 Å². The average molecular weight is 437 g/mol. The molecule has 2 aliphatic heterocycles. The first-order chi connectivity index (χ1) is 15.0. The van der Waals surface area contributed by atoms with Gasteiger partial charge in [0.05, 0.1) is 5.69 Å². The van der Waals surface area contributed by atoms with Gasteiger partial charge in [0.2, 0.25) is 6.79 Å². The first kappa shape index (κ1) is 19.0.